The molecule has 0 unspecified atom stereocenters. The lowest BCUT2D eigenvalue weighted by Crippen LogP contribution is -2.03. The fourth-order valence-electron chi connectivity index (χ4n) is 2.99. The molecule has 0 radical (unpaired) electrons. The number of hydrogen-bond acceptors (Lipinski definition) is 1. The molecule has 0 bridgehead atoms. The highest BCUT2D eigenvalue weighted by molar-refractivity contribution is 5.66. The fraction of sp³-hybridized carbons (Fsp3) is 0.333. The van der Waals surface area contributed by atoms with Crippen molar-refractivity contribution in [2.45, 2.75) is 32.1 Å². The van der Waals surface area contributed by atoms with E-state index < -0.39 is 0 Å². The van der Waals surface area contributed by atoms with Crippen LogP contribution in [0, 0.1) is 0 Å². The van der Waals surface area contributed by atoms with Gasteiger partial charge in [-0.2, -0.15) is 0 Å². The topological polar surface area (TPSA) is 26.0 Å². The van der Waals surface area contributed by atoms with Crippen LogP contribution in [-0.2, 0) is 19.3 Å². The molecule has 0 aromatic heterocycles. The van der Waals surface area contributed by atoms with E-state index in [0.717, 1.165) is 6.42 Å². The molecular formula is C18H21N. The highest BCUT2D eigenvalue weighted by atomic mass is 14.5. The van der Waals surface area contributed by atoms with E-state index in [4.69, 9.17) is 5.73 Å². The third-order valence-corrected chi connectivity index (χ3v) is 4.04. The van der Waals surface area contributed by atoms with E-state index in [0.29, 0.717) is 6.54 Å². The van der Waals surface area contributed by atoms with Gasteiger partial charge in [-0.15, -0.1) is 0 Å². The Hall–Kier alpha value is -1.60. The van der Waals surface area contributed by atoms with Crippen molar-refractivity contribution in [3.8, 4) is 11.1 Å². The van der Waals surface area contributed by atoms with Crippen LogP contribution < -0.4 is 5.73 Å². The Morgan fingerprint density at radius 2 is 1.63 bits per heavy atom. The molecule has 0 heterocycles. The highest BCUT2D eigenvalue weighted by Crippen LogP contribution is 2.27. The zero-order valence-corrected chi connectivity index (χ0v) is 11.4. The summed E-state index contributed by atoms with van der Waals surface area (Å²) < 4.78 is 0. The number of hydrogen-bond donors (Lipinski definition) is 1. The van der Waals surface area contributed by atoms with E-state index in [1.54, 1.807) is 11.1 Å². The van der Waals surface area contributed by atoms with Gasteiger partial charge in [-0.1, -0.05) is 42.5 Å². The van der Waals surface area contributed by atoms with E-state index in [1.165, 1.54) is 42.4 Å². The average molecular weight is 251 g/mol. The van der Waals surface area contributed by atoms with Crippen LogP contribution in [-0.4, -0.2) is 6.54 Å². The Labute approximate surface area is 115 Å². The summed E-state index contributed by atoms with van der Waals surface area (Å²) in [5.74, 6) is 0. The van der Waals surface area contributed by atoms with Gasteiger partial charge in [0.15, 0.2) is 0 Å². The minimum atomic E-state index is 0.716. The first kappa shape index (κ1) is 12.4. The van der Waals surface area contributed by atoms with Crippen molar-refractivity contribution < 1.29 is 0 Å². The maximum absolute atomic E-state index is 5.64. The summed E-state index contributed by atoms with van der Waals surface area (Å²) in [5, 5.41) is 0. The molecule has 2 aromatic rings. The van der Waals surface area contributed by atoms with Gasteiger partial charge in [0.25, 0.3) is 0 Å². The van der Waals surface area contributed by atoms with Gasteiger partial charge in [-0.3, -0.25) is 0 Å². The first-order valence-electron chi connectivity index (χ1n) is 7.28. The number of benzene rings is 2. The molecule has 0 atom stereocenters. The van der Waals surface area contributed by atoms with Gasteiger partial charge in [0.2, 0.25) is 0 Å². The predicted octanol–water partition coefficient (Wildman–Crippen LogP) is 3.73. The standard InChI is InChI=1S/C18H21N/c19-11-10-14-4-3-7-16(12-14)18-9-8-15-5-1-2-6-17(15)13-18/h3-4,7-9,12-13H,1-2,5-6,10-11,19H2. The zero-order valence-electron chi connectivity index (χ0n) is 11.4. The van der Waals surface area contributed by atoms with Crippen LogP contribution in [0.1, 0.15) is 29.5 Å². The molecule has 0 aliphatic heterocycles. The molecule has 1 nitrogen and oxygen atoms in total. The Bertz CT molecular complexity index is 572. The summed E-state index contributed by atoms with van der Waals surface area (Å²) in [6.07, 6.45) is 6.13. The normalized spacial score (nSPS) is 14.2. The van der Waals surface area contributed by atoms with Crippen LogP contribution >= 0.6 is 0 Å². The number of nitrogens with two attached hydrogens (primary N) is 1. The summed E-state index contributed by atoms with van der Waals surface area (Å²) in [5.41, 5.74) is 12.7. The molecule has 3 rings (SSSR count). The SMILES string of the molecule is NCCc1cccc(-c2ccc3c(c2)CCCC3)c1. The molecule has 1 heteroatoms. The molecule has 1 aliphatic carbocycles. The van der Waals surface area contributed by atoms with Crippen molar-refractivity contribution in [3.05, 3.63) is 59.2 Å². The largest absolute Gasteiger partial charge is 0.330 e. The van der Waals surface area contributed by atoms with Crippen LogP contribution in [0.25, 0.3) is 11.1 Å². The van der Waals surface area contributed by atoms with Crippen LogP contribution in [0.15, 0.2) is 42.5 Å². The lowest BCUT2D eigenvalue weighted by Gasteiger charge is -2.17. The minimum Gasteiger partial charge on any atom is -0.330 e. The summed E-state index contributed by atoms with van der Waals surface area (Å²) >= 11 is 0. The molecule has 19 heavy (non-hydrogen) atoms. The molecular weight excluding hydrogens is 230 g/mol. The van der Waals surface area contributed by atoms with E-state index in [-0.39, 0.29) is 0 Å². The monoisotopic (exact) mass is 251 g/mol. The second kappa shape index (κ2) is 5.58. The summed E-state index contributed by atoms with van der Waals surface area (Å²) in [4.78, 5) is 0. The Morgan fingerprint density at radius 3 is 2.47 bits per heavy atom. The van der Waals surface area contributed by atoms with Gasteiger partial charge in [-0.25, -0.2) is 0 Å². The van der Waals surface area contributed by atoms with Gasteiger partial charge >= 0.3 is 0 Å². The first-order valence-corrected chi connectivity index (χ1v) is 7.28. The van der Waals surface area contributed by atoms with Crippen LogP contribution in [0.2, 0.25) is 0 Å². The van der Waals surface area contributed by atoms with E-state index in [2.05, 4.69) is 42.5 Å². The first-order chi connectivity index (χ1) is 9.36. The Kier molecular flexibility index (Phi) is 3.65. The van der Waals surface area contributed by atoms with Crippen LogP contribution in [0.4, 0.5) is 0 Å². The van der Waals surface area contributed by atoms with Crippen molar-refractivity contribution in [1.82, 2.24) is 0 Å². The number of aryl methyl sites for hydroxylation is 2. The predicted molar refractivity (Wildman–Crippen MR) is 81.3 cm³/mol. The average Bonchev–Trinajstić information content (AvgIpc) is 2.47. The zero-order chi connectivity index (χ0) is 13.1. The van der Waals surface area contributed by atoms with Gasteiger partial charge in [0, 0.05) is 0 Å². The van der Waals surface area contributed by atoms with Crippen LogP contribution in [0.3, 0.4) is 0 Å². The maximum atomic E-state index is 5.64. The molecule has 1 aliphatic rings. The number of fused-ring (bicyclic) bond motifs is 1. The summed E-state index contributed by atoms with van der Waals surface area (Å²) in [6.45, 7) is 0.716. The quantitative estimate of drug-likeness (QED) is 0.883. The highest BCUT2D eigenvalue weighted by Gasteiger charge is 2.10. The third kappa shape index (κ3) is 2.71. The van der Waals surface area contributed by atoms with Gasteiger partial charge in [-0.05, 0) is 66.5 Å². The summed E-state index contributed by atoms with van der Waals surface area (Å²) in [7, 11) is 0. The minimum absolute atomic E-state index is 0.716. The molecule has 0 saturated carbocycles. The Morgan fingerprint density at radius 1 is 0.842 bits per heavy atom. The molecule has 0 spiro atoms. The van der Waals surface area contributed by atoms with Crippen LogP contribution in [0.5, 0.6) is 0 Å². The van der Waals surface area contributed by atoms with E-state index in [1.807, 2.05) is 0 Å². The van der Waals surface area contributed by atoms with Crippen molar-refractivity contribution in [3.63, 3.8) is 0 Å². The lowest BCUT2D eigenvalue weighted by atomic mass is 9.89. The van der Waals surface area contributed by atoms with Crippen molar-refractivity contribution in [2.24, 2.45) is 5.73 Å². The van der Waals surface area contributed by atoms with Gasteiger partial charge in [0.05, 0.1) is 0 Å². The molecule has 0 saturated heterocycles. The molecule has 2 N–H and O–H groups in total. The van der Waals surface area contributed by atoms with Crippen molar-refractivity contribution >= 4 is 0 Å². The third-order valence-electron chi connectivity index (χ3n) is 4.04. The lowest BCUT2D eigenvalue weighted by molar-refractivity contribution is 0.686. The Balaban J connectivity index is 1.95. The molecule has 98 valence electrons. The van der Waals surface area contributed by atoms with Gasteiger partial charge in [0.1, 0.15) is 0 Å². The smallest absolute Gasteiger partial charge is 0.00367 e. The fourth-order valence-corrected chi connectivity index (χ4v) is 2.99. The molecule has 2 aromatic carbocycles. The van der Waals surface area contributed by atoms with Crippen molar-refractivity contribution in [1.29, 1.82) is 0 Å². The second-order valence-electron chi connectivity index (χ2n) is 5.43. The van der Waals surface area contributed by atoms with Gasteiger partial charge < -0.3 is 5.73 Å². The van der Waals surface area contributed by atoms with E-state index in [9.17, 15) is 0 Å². The number of rotatable bonds is 3. The van der Waals surface area contributed by atoms with Crippen molar-refractivity contribution in [2.75, 3.05) is 6.54 Å². The molecule has 0 amide bonds. The van der Waals surface area contributed by atoms with E-state index >= 15 is 0 Å². The summed E-state index contributed by atoms with van der Waals surface area (Å²) in [6, 6.07) is 15.7. The molecule has 0 fully saturated rings. The second-order valence-corrected chi connectivity index (χ2v) is 5.43. The maximum Gasteiger partial charge on any atom is -0.00367 e.